The second-order valence-electron chi connectivity index (χ2n) is 7.20. The number of alkyl halides is 2. The maximum atomic E-state index is 13.6. The first kappa shape index (κ1) is 19.6. The van der Waals surface area contributed by atoms with E-state index in [-0.39, 0.29) is 17.3 Å². The SMILES string of the molecule is Cc1cc(O)c([C@@]2(C)N=C(N)N(C)C(O)C2c2ccc(C(C)(F)F)cc2)s1. The Morgan fingerprint density at radius 2 is 1.89 bits per heavy atom. The van der Waals surface area contributed by atoms with E-state index >= 15 is 0 Å². The van der Waals surface area contributed by atoms with E-state index in [0.29, 0.717) is 10.4 Å². The first-order valence-electron chi connectivity index (χ1n) is 8.49. The molecule has 0 fully saturated rings. The summed E-state index contributed by atoms with van der Waals surface area (Å²) in [7, 11) is 1.62. The van der Waals surface area contributed by atoms with Gasteiger partial charge in [-0.05, 0) is 25.5 Å². The molecule has 27 heavy (non-hydrogen) atoms. The third kappa shape index (κ3) is 3.27. The van der Waals surface area contributed by atoms with Gasteiger partial charge < -0.3 is 20.8 Å². The Hall–Kier alpha value is -2.19. The van der Waals surface area contributed by atoms with Crippen molar-refractivity contribution in [2.24, 2.45) is 10.7 Å². The molecule has 2 heterocycles. The number of aliphatic hydroxyl groups is 1. The minimum Gasteiger partial charge on any atom is -0.507 e. The van der Waals surface area contributed by atoms with Crippen LogP contribution in [0.5, 0.6) is 5.75 Å². The largest absolute Gasteiger partial charge is 0.507 e. The van der Waals surface area contributed by atoms with Crippen molar-refractivity contribution in [3.63, 3.8) is 0 Å². The van der Waals surface area contributed by atoms with Crippen molar-refractivity contribution in [1.82, 2.24) is 4.90 Å². The fraction of sp³-hybridized carbons (Fsp3) is 0.421. The summed E-state index contributed by atoms with van der Waals surface area (Å²) in [6.45, 7) is 4.49. The number of aliphatic hydroxyl groups excluding tert-OH is 1. The standard InChI is InChI=1S/C19H23F2N3O2S/c1-10-9-13(25)15(27-10)18(2)14(16(26)24(4)17(22)23-18)11-5-7-12(8-6-11)19(3,20)21/h5-9,14,16,25-26H,1-4H3,(H2,22,23)/t14?,16?,18-/m0/s1. The first-order chi connectivity index (χ1) is 12.4. The van der Waals surface area contributed by atoms with Crippen molar-refractivity contribution in [3.8, 4) is 5.75 Å². The van der Waals surface area contributed by atoms with Crippen molar-refractivity contribution >= 4 is 17.3 Å². The average molecular weight is 395 g/mol. The van der Waals surface area contributed by atoms with Crippen LogP contribution in [0.15, 0.2) is 35.3 Å². The number of aliphatic imine (C=N–C) groups is 1. The average Bonchev–Trinajstić information content (AvgIpc) is 2.92. The van der Waals surface area contributed by atoms with E-state index in [2.05, 4.69) is 4.99 Å². The van der Waals surface area contributed by atoms with Crippen LogP contribution in [-0.2, 0) is 11.5 Å². The van der Waals surface area contributed by atoms with E-state index in [4.69, 9.17) is 5.73 Å². The zero-order chi connectivity index (χ0) is 20.1. The van der Waals surface area contributed by atoms with Crippen molar-refractivity contribution in [2.45, 2.75) is 44.4 Å². The highest BCUT2D eigenvalue weighted by atomic mass is 32.1. The van der Waals surface area contributed by atoms with Crippen LogP contribution in [0, 0.1) is 6.92 Å². The van der Waals surface area contributed by atoms with Gasteiger partial charge in [-0.15, -0.1) is 11.3 Å². The molecule has 1 aliphatic rings. The van der Waals surface area contributed by atoms with Crippen LogP contribution in [0.1, 0.15) is 40.6 Å². The maximum Gasteiger partial charge on any atom is 0.270 e. The molecule has 0 saturated heterocycles. The molecule has 146 valence electrons. The first-order valence-corrected chi connectivity index (χ1v) is 9.31. The Bertz CT molecular complexity index is 876. The fourth-order valence-electron chi connectivity index (χ4n) is 3.57. The normalized spacial score (nSPS) is 26.2. The van der Waals surface area contributed by atoms with Crippen LogP contribution in [0.2, 0.25) is 0 Å². The molecular formula is C19H23F2N3O2S. The summed E-state index contributed by atoms with van der Waals surface area (Å²) in [6, 6.07) is 7.48. The van der Waals surface area contributed by atoms with Gasteiger partial charge in [0.15, 0.2) is 5.96 Å². The molecular weight excluding hydrogens is 372 g/mol. The number of aromatic hydroxyl groups is 1. The summed E-state index contributed by atoms with van der Waals surface area (Å²) in [5.74, 6) is -3.34. The van der Waals surface area contributed by atoms with Crippen LogP contribution in [-0.4, -0.2) is 34.3 Å². The molecule has 8 heteroatoms. The quantitative estimate of drug-likeness (QED) is 0.743. The van der Waals surface area contributed by atoms with Crippen molar-refractivity contribution < 1.29 is 19.0 Å². The zero-order valence-corrected chi connectivity index (χ0v) is 16.4. The van der Waals surface area contributed by atoms with Crippen LogP contribution < -0.4 is 5.73 Å². The van der Waals surface area contributed by atoms with Gasteiger partial charge in [0, 0.05) is 24.4 Å². The summed E-state index contributed by atoms with van der Waals surface area (Å²) in [4.78, 5) is 7.49. The molecule has 1 aromatic carbocycles. The van der Waals surface area contributed by atoms with Gasteiger partial charge in [0.2, 0.25) is 0 Å². The van der Waals surface area contributed by atoms with Crippen molar-refractivity contribution in [3.05, 3.63) is 51.2 Å². The third-order valence-corrected chi connectivity index (χ3v) is 6.35. The molecule has 0 saturated carbocycles. The highest BCUT2D eigenvalue weighted by Crippen LogP contribution is 2.51. The van der Waals surface area contributed by atoms with Crippen LogP contribution in [0.3, 0.4) is 0 Å². The fourth-order valence-corrected chi connectivity index (χ4v) is 4.61. The molecule has 1 aliphatic heterocycles. The number of rotatable bonds is 3. The smallest absolute Gasteiger partial charge is 0.270 e. The van der Waals surface area contributed by atoms with E-state index in [1.807, 2.05) is 6.92 Å². The second kappa shape index (κ2) is 6.45. The lowest BCUT2D eigenvalue weighted by atomic mass is 9.76. The molecule has 3 atom stereocenters. The molecule has 1 aromatic heterocycles. The van der Waals surface area contributed by atoms with E-state index in [9.17, 15) is 19.0 Å². The van der Waals surface area contributed by atoms with Gasteiger partial charge in [0.25, 0.3) is 5.92 Å². The molecule has 2 unspecified atom stereocenters. The lowest BCUT2D eigenvalue weighted by Crippen LogP contribution is -2.54. The minimum absolute atomic E-state index is 0.0787. The Morgan fingerprint density at radius 3 is 2.37 bits per heavy atom. The zero-order valence-electron chi connectivity index (χ0n) is 15.6. The highest BCUT2D eigenvalue weighted by Gasteiger charge is 2.49. The van der Waals surface area contributed by atoms with Crippen molar-refractivity contribution in [1.29, 1.82) is 0 Å². The topological polar surface area (TPSA) is 82.1 Å². The monoisotopic (exact) mass is 395 g/mol. The van der Waals surface area contributed by atoms with E-state index in [1.165, 1.54) is 28.4 Å². The predicted molar refractivity (Wildman–Crippen MR) is 102 cm³/mol. The summed E-state index contributed by atoms with van der Waals surface area (Å²) in [5, 5.41) is 21.3. The Morgan fingerprint density at radius 1 is 1.30 bits per heavy atom. The van der Waals surface area contributed by atoms with Gasteiger partial charge in [-0.3, -0.25) is 0 Å². The summed E-state index contributed by atoms with van der Waals surface area (Å²) in [5.41, 5.74) is 5.48. The van der Waals surface area contributed by atoms with Crippen LogP contribution >= 0.6 is 11.3 Å². The Balaban J connectivity index is 2.16. The number of hydrogen-bond acceptors (Lipinski definition) is 6. The summed E-state index contributed by atoms with van der Waals surface area (Å²) >= 11 is 1.37. The molecule has 2 aromatic rings. The lowest BCUT2D eigenvalue weighted by Gasteiger charge is -2.45. The number of nitrogens with two attached hydrogens (primary N) is 1. The molecule has 3 rings (SSSR count). The van der Waals surface area contributed by atoms with Gasteiger partial charge in [0.05, 0.1) is 10.8 Å². The highest BCUT2D eigenvalue weighted by molar-refractivity contribution is 7.12. The predicted octanol–water partition coefficient (Wildman–Crippen LogP) is 3.45. The molecule has 0 spiro atoms. The molecule has 0 amide bonds. The van der Waals surface area contributed by atoms with E-state index in [0.717, 1.165) is 11.8 Å². The van der Waals surface area contributed by atoms with Crippen LogP contribution in [0.25, 0.3) is 0 Å². The Kier molecular flexibility index (Phi) is 4.68. The summed E-state index contributed by atoms with van der Waals surface area (Å²) in [6.07, 6.45) is -1.04. The lowest BCUT2D eigenvalue weighted by molar-refractivity contribution is 0.00588. The van der Waals surface area contributed by atoms with E-state index < -0.39 is 23.6 Å². The van der Waals surface area contributed by atoms with E-state index in [1.54, 1.807) is 32.2 Å². The number of hydrogen-bond donors (Lipinski definition) is 3. The van der Waals surface area contributed by atoms with Gasteiger partial charge in [-0.2, -0.15) is 0 Å². The summed E-state index contributed by atoms with van der Waals surface area (Å²) < 4.78 is 27.1. The number of aryl methyl sites for hydroxylation is 1. The van der Waals surface area contributed by atoms with Crippen molar-refractivity contribution in [2.75, 3.05) is 7.05 Å². The number of nitrogens with zero attached hydrogens (tertiary/aromatic N) is 2. The number of halogens is 2. The Labute approximate surface area is 160 Å². The number of guanidine groups is 1. The molecule has 0 radical (unpaired) electrons. The molecule has 0 aliphatic carbocycles. The third-order valence-electron chi connectivity index (χ3n) is 5.08. The van der Waals surface area contributed by atoms with Gasteiger partial charge in [0.1, 0.15) is 17.5 Å². The number of likely N-dealkylation sites (N-methyl/N-ethyl adjacent to an activating group) is 1. The van der Waals surface area contributed by atoms with Gasteiger partial charge in [-0.25, -0.2) is 13.8 Å². The molecule has 4 N–H and O–H groups in total. The second-order valence-corrected chi connectivity index (χ2v) is 8.46. The minimum atomic E-state index is -2.95. The number of thiophene rings is 1. The van der Waals surface area contributed by atoms with Gasteiger partial charge in [-0.1, -0.05) is 24.3 Å². The molecule has 0 bridgehead atoms. The van der Waals surface area contributed by atoms with Gasteiger partial charge >= 0.3 is 0 Å². The van der Waals surface area contributed by atoms with Crippen LogP contribution in [0.4, 0.5) is 8.78 Å². The maximum absolute atomic E-state index is 13.6. The molecule has 5 nitrogen and oxygen atoms in total. The number of benzene rings is 1.